The van der Waals surface area contributed by atoms with E-state index in [1.807, 2.05) is 0 Å². The number of halogens is 1. The summed E-state index contributed by atoms with van der Waals surface area (Å²) in [5.74, 6) is -1.21. The first-order valence-corrected chi connectivity index (χ1v) is 7.49. The number of hydrogen-bond donors (Lipinski definition) is 1. The summed E-state index contributed by atoms with van der Waals surface area (Å²) in [6, 6.07) is 2.87. The van der Waals surface area contributed by atoms with Gasteiger partial charge in [0.05, 0.1) is 4.92 Å². The van der Waals surface area contributed by atoms with E-state index in [4.69, 9.17) is 0 Å². The molecule has 0 amide bonds. The Bertz CT molecular complexity index is 773. The number of sulfonamides is 1. The van der Waals surface area contributed by atoms with Gasteiger partial charge in [-0.05, 0) is 19.1 Å². The number of aryl methyl sites for hydroxylation is 1. The highest BCUT2D eigenvalue weighted by Gasteiger charge is 2.29. The van der Waals surface area contributed by atoms with Gasteiger partial charge in [0.2, 0.25) is 5.82 Å². The molecule has 0 aliphatic carbocycles. The lowest BCUT2D eigenvalue weighted by molar-refractivity contribution is -0.390. The Balaban J connectivity index is 2.50. The third-order valence-electron chi connectivity index (χ3n) is 2.26. The van der Waals surface area contributed by atoms with Crippen molar-refractivity contribution in [2.24, 2.45) is 0 Å². The summed E-state index contributed by atoms with van der Waals surface area (Å²) in [6.45, 7) is 1.72. The Morgan fingerprint density at radius 1 is 1.45 bits per heavy atom. The van der Waals surface area contributed by atoms with E-state index in [1.54, 1.807) is 6.92 Å². The molecule has 0 fully saturated rings. The zero-order chi connectivity index (χ0) is 14.9. The van der Waals surface area contributed by atoms with Crippen LogP contribution in [0.1, 0.15) is 4.88 Å². The Hall–Kier alpha value is -2.07. The predicted molar refractivity (Wildman–Crippen MR) is 70.7 cm³/mol. The number of nitrogens with one attached hydrogen (secondary N) is 1. The average molecular weight is 317 g/mol. The Kier molecular flexibility index (Phi) is 3.68. The van der Waals surface area contributed by atoms with Gasteiger partial charge in [0, 0.05) is 11.1 Å². The quantitative estimate of drug-likeness (QED) is 0.688. The second kappa shape index (κ2) is 5.13. The van der Waals surface area contributed by atoms with Gasteiger partial charge in [0.1, 0.15) is 0 Å². The van der Waals surface area contributed by atoms with E-state index in [0.29, 0.717) is 0 Å². The van der Waals surface area contributed by atoms with Crippen LogP contribution in [-0.2, 0) is 10.0 Å². The highest BCUT2D eigenvalue weighted by atomic mass is 32.2. The smallest absolute Gasteiger partial charge is 0.258 e. The molecule has 0 spiro atoms. The van der Waals surface area contributed by atoms with Crippen LogP contribution in [0.3, 0.4) is 0 Å². The van der Waals surface area contributed by atoms with Gasteiger partial charge in [0.15, 0.2) is 10.0 Å². The van der Waals surface area contributed by atoms with E-state index >= 15 is 0 Å². The van der Waals surface area contributed by atoms with E-state index in [1.165, 1.54) is 6.20 Å². The summed E-state index contributed by atoms with van der Waals surface area (Å²) in [4.78, 5) is 13.5. The summed E-state index contributed by atoms with van der Waals surface area (Å²) in [5, 5.41) is 10.9. The van der Waals surface area contributed by atoms with Crippen molar-refractivity contribution in [1.82, 2.24) is 4.98 Å². The van der Waals surface area contributed by atoms with Crippen LogP contribution in [0, 0.1) is 22.9 Å². The Labute approximate surface area is 117 Å². The zero-order valence-corrected chi connectivity index (χ0v) is 11.7. The first-order chi connectivity index (χ1) is 9.31. The molecule has 1 heterocycles. The molecule has 0 radical (unpaired) electrons. The molecule has 0 unspecified atom stereocenters. The molecular formula is C10H8FN3O4S2. The molecule has 20 heavy (non-hydrogen) atoms. The summed E-state index contributed by atoms with van der Waals surface area (Å²) in [7, 11) is -4.28. The molecule has 0 aliphatic rings. The molecule has 0 bridgehead atoms. The van der Waals surface area contributed by atoms with Crippen molar-refractivity contribution in [1.29, 1.82) is 0 Å². The number of rotatable bonds is 4. The largest absolute Gasteiger partial charge is 0.325 e. The molecule has 1 aromatic heterocycles. The van der Waals surface area contributed by atoms with Crippen LogP contribution in [0.15, 0.2) is 29.3 Å². The Morgan fingerprint density at radius 3 is 2.70 bits per heavy atom. The third-order valence-corrected chi connectivity index (χ3v) is 4.59. The van der Waals surface area contributed by atoms with Gasteiger partial charge < -0.3 is 0 Å². The molecule has 1 N–H and O–H groups in total. The van der Waals surface area contributed by atoms with Gasteiger partial charge in [-0.15, -0.1) is 11.3 Å². The van der Waals surface area contributed by atoms with Crippen molar-refractivity contribution in [3.05, 3.63) is 45.2 Å². The number of nitro groups is 1. The molecule has 2 rings (SSSR count). The van der Waals surface area contributed by atoms with Crippen LogP contribution in [0.4, 0.5) is 15.2 Å². The number of para-hydroxylation sites is 1. The molecule has 10 heteroatoms. The minimum Gasteiger partial charge on any atom is -0.258 e. The summed E-state index contributed by atoms with van der Waals surface area (Å²) in [6.07, 6.45) is 1.45. The number of benzene rings is 1. The molecular weight excluding hydrogens is 309 g/mol. The normalized spacial score (nSPS) is 11.3. The summed E-state index contributed by atoms with van der Waals surface area (Å²) >= 11 is 1.06. The van der Waals surface area contributed by atoms with Crippen LogP contribution < -0.4 is 4.72 Å². The van der Waals surface area contributed by atoms with Gasteiger partial charge in [-0.2, -0.15) is 4.39 Å². The lowest BCUT2D eigenvalue weighted by Gasteiger charge is -2.06. The average Bonchev–Trinajstić information content (AvgIpc) is 2.73. The molecule has 0 saturated heterocycles. The first kappa shape index (κ1) is 14.3. The SMILES string of the molecule is Cc1cnc(NS(=O)(=O)c2cccc(F)c2[N+](=O)[O-])s1. The maximum Gasteiger partial charge on any atom is 0.325 e. The van der Waals surface area contributed by atoms with Crippen molar-refractivity contribution >= 4 is 32.2 Å². The molecule has 0 atom stereocenters. The number of nitrogens with zero attached hydrogens (tertiary/aromatic N) is 2. The topological polar surface area (TPSA) is 102 Å². The molecule has 7 nitrogen and oxygen atoms in total. The molecule has 1 aromatic carbocycles. The van der Waals surface area contributed by atoms with Crippen LogP contribution in [0.25, 0.3) is 0 Å². The monoisotopic (exact) mass is 317 g/mol. The summed E-state index contributed by atoms with van der Waals surface area (Å²) < 4.78 is 39.7. The Morgan fingerprint density at radius 2 is 2.15 bits per heavy atom. The van der Waals surface area contributed by atoms with E-state index in [0.717, 1.165) is 34.4 Å². The fourth-order valence-corrected chi connectivity index (χ4v) is 3.55. The number of aromatic nitrogens is 1. The van der Waals surface area contributed by atoms with Crippen molar-refractivity contribution in [2.45, 2.75) is 11.8 Å². The van der Waals surface area contributed by atoms with Crippen LogP contribution in [-0.4, -0.2) is 18.3 Å². The van der Waals surface area contributed by atoms with Crippen molar-refractivity contribution in [2.75, 3.05) is 4.72 Å². The molecule has 2 aromatic rings. The van der Waals surface area contributed by atoms with Crippen molar-refractivity contribution < 1.29 is 17.7 Å². The standard InChI is InChI=1S/C10H8FN3O4S2/c1-6-5-12-10(19-6)13-20(17,18)8-4-2-3-7(11)9(8)14(15)16/h2-5H,1H3,(H,12,13). The van der Waals surface area contributed by atoms with Gasteiger partial charge in [0.25, 0.3) is 10.0 Å². The fraction of sp³-hybridized carbons (Fsp3) is 0.100. The zero-order valence-electron chi connectivity index (χ0n) is 10.0. The molecule has 0 aliphatic heterocycles. The van der Waals surface area contributed by atoms with Gasteiger partial charge in [-0.1, -0.05) is 6.07 Å². The summed E-state index contributed by atoms with van der Waals surface area (Å²) in [5.41, 5.74) is -1.09. The van der Waals surface area contributed by atoms with Crippen LogP contribution >= 0.6 is 11.3 Å². The number of thiazole rings is 1. The van der Waals surface area contributed by atoms with Crippen LogP contribution in [0.2, 0.25) is 0 Å². The van der Waals surface area contributed by atoms with Gasteiger partial charge in [-0.25, -0.2) is 13.4 Å². The maximum atomic E-state index is 13.4. The highest BCUT2D eigenvalue weighted by molar-refractivity contribution is 7.93. The number of anilines is 1. The van der Waals surface area contributed by atoms with Gasteiger partial charge >= 0.3 is 5.69 Å². The molecule has 0 saturated carbocycles. The van der Waals surface area contributed by atoms with Crippen LogP contribution in [0.5, 0.6) is 0 Å². The number of nitro benzene ring substituents is 1. The lowest BCUT2D eigenvalue weighted by Crippen LogP contribution is -2.15. The minimum atomic E-state index is -4.28. The number of hydrogen-bond acceptors (Lipinski definition) is 6. The lowest BCUT2D eigenvalue weighted by atomic mass is 10.3. The second-order valence-corrected chi connectivity index (χ2v) is 6.61. The van der Waals surface area contributed by atoms with E-state index < -0.39 is 31.3 Å². The van der Waals surface area contributed by atoms with E-state index in [9.17, 15) is 22.9 Å². The fourth-order valence-electron chi connectivity index (χ4n) is 1.46. The first-order valence-electron chi connectivity index (χ1n) is 5.19. The van der Waals surface area contributed by atoms with Crippen molar-refractivity contribution in [3.8, 4) is 0 Å². The maximum absolute atomic E-state index is 13.4. The third kappa shape index (κ3) is 2.75. The highest BCUT2D eigenvalue weighted by Crippen LogP contribution is 2.29. The van der Waals surface area contributed by atoms with E-state index in [2.05, 4.69) is 9.71 Å². The predicted octanol–water partition coefficient (Wildman–Crippen LogP) is 2.30. The second-order valence-electron chi connectivity index (χ2n) is 3.73. The minimum absolute atomic E-state index is 0.0565. The van der Waals surface area contributed by atoms with E-state index in [-0.39, 0.29) is 5.13 Å². The van der Waals surface area contributed by atoms with Crippen molar-refractivity contribution in [3.63, 3.8) is 0 Å². The van der Waals surface area contributed by atoms with Gasteiger partial charge in [-0.3, -0.25) is 14.8 Å². The molecule has 106 valence electrons.